The Labute approximate surface area is 124 Å². The van der Waals surface area contributed by atoms with Crippen LogP contribution < -0.4 is 21.3 Å². The fourth-order valence-electron chi connectivity index (χ4n) is 2.13. The van der Waals surface area contributed by atoms with Gasteiger partial charge in [0.2, 0.25) is 0 Å². The maximum atomic E-state index is 12.2. The molecule has 0 atom stereocenters. The predicted molar refractivity (Wildman–Crippen MR) is 84.7 cm³/mol. The van der Waals surface area contributed by atoms with Crippen molar-refractivity contribution in [2.75, 3.05) is 17.9 Å². The Morgan fingerprint density at radius 1 is 1.10 bits per heavy atom. The lowest BCUT2D eigenvalue weighted by Crippen LogP contribution is -2.13. The lowest BCUT2D eigenvalue weighted by molar-refractivity contribution is 0.102. The van der Waals surface area contributed by atoms with Crippen molar-refractivity contribution in [2.45, 2.75) is 13.8 Å². The van der Waals surface area contributed by atoms with E-state index in [4.69, 9.17) is 10.6 Å². The van der Waals surface area contributed by atoms with Gasteiger partial charge in [-0.15, -0.1) is 0 Å². The molecule has 0 bridgehead atoms. The molecule has 0 saturated heterocycles. The summed E-state index contributed by atoms with van der Waals surface area (Å²) < 4.78 is 5.20. The fraction of sp³-hybridized carbons (Fsp3) is 0.188. The average Bonchev–Trinajstić information content (AvgIpc) is 2.47. The highest BCUT2D eigenvalue weighted by atomic mass is 16.5. The largest absolute Gasteiger partial charge is 0.496 e. The Hall–Kier alpha value is -2.53. The smallest absolute Gasteiger partial charge is 0.255 e. The molecule has 0 aromatic heterocycles. The first-order valence-electron chi connectivity index (χ1n) is 6.58. The maximum Gasteiger partial charge on any atom is 0.255 e. The molecule has 0 aliphatic rings. The molecule has 0 heterocycles. The van der Waals surface area contributed by atoms with Crippen LogP contribution >= 0.6 is 0 Å². The van der Waals surface area contributed by atoms with Crippen LogP contribution in [0, 0.1) is 13.8 Å². The molecular weight excluding hydrogens is 266 g/mol. The first-order valence-corrected chi connectivity index (χ1v) is 6.58. The van der Waals surface area contributed by atoms with Crippen molar-refractivity contribution in [3.05, 3.63) is 53.1 Å². The Kier molecular flexibility index (Phi) is 4.45. The predicted octanol–water partition coefficient (Wildman–Crippen LogP) is 2.85. The van der Waals surface area contributed by atoms with E-state index in [-0.39, 0.29) is 5.91 Å². The molecule has 0 radical (unpaired) electrons. The highest BCUT2D eigenvalue weighted by Gasteiger charge is 2.09. The number of rotatable bonds is 4. The van der Waals surface area contributed by atoms with Gasteiger partial charge < -0.3 is 15.5 Å². The second-order valence-electron chi connectivity index (χ2n) is 4.81. The van der Waals surface area contributed by atoms with E-state index in [1.807, 2.05) is 32.0 Å². The summed E-state index contributed by atoms with van der Waals surface area (Å²) in [5.74, 6) is 6.01. The number of methoxy groups -OCH3 is 1. The van der Waals surface area contributed by atoms with E-state index in [9.17, 15) is 4.79 Å². The van der Waals surface area contributed by atoms with Crippen LogP contribution in [0.5, 0.6) is 5.75 Å². The molecule has 5 heteroatoms. The van der Waals surface area contributed by atoms with Crippen molar-refractivity contribution < 1.29 is 9.53 Å². The van der Waals surface area contributed by atoms with Gasteiger partial charge in [0.05, 0.1) is 12.8 Å². The van der Waals surface area contributed by atoms with Crippen LogP contribution in [0.4, 0.5) is 11.4 Å². The number of anilines is 2. The zero-order valence-corrected chi connectivity index (χ0v) is 12.4. The van der Waals surface area contributed by atoms with Gasteiger partial charge in [-0.2, -0.15) is 0 Å². The number of nitrogens with one attached hydrogen (secondary N) is 2. The molecule has 0 saturated carbocycles. The minimum atomic E-state index is -0.161. The molecule has 21 heavy (non-hydrogen) atoms. The molecular formula is C16H19N3O2. The van der Waals surface area contributed by atoms with Gasteiger partial charge in [0.1, 0.15) is 5.75 Å². The van der Waals surface area contributed by atoms with Gasteiger partial charge in [-0.3, -0.25) is 10.6 Å². The first-order chi connectivity index (χ1) is 10.0. The van der Waals surface area contributed by atoms with Crippen LogP contribution in [0.15, 0.2) is 36.4 Å². The summed E-state index contributed by atoms with van der Waals surface area (Å²) in [5, 5.41) is 2.87. The van der Waals surface area contributed by atoms with Gasteiger partial charge in [0.25, 0.3) is 5.91 Å². The van der Waals surface area contributed by atoms with Crippen molar-refractivity contribution in [3.8, 4) is 5.75 Å². The van der Waals surface area contributed by atoms with Crippen LogP contribution in [0.1, 0.15) is 21.5 Å². The SMILES string of the molecule is COc1ccc(NC(=O)c2ccc(NN)c(C)c2)cc1C. The zero-order valence-electron chi connectivity index (χ0n) is 12.4. The van der Waals surface area contributed by atoms with E-state index in [1.54, 1.807) is 25.3 Å². The molecule has 110 valence electrons. The molecule has 2 rings (SSSR count). The zero-order chi connectivity index (χ0) is 15.4. The Morgan fingerprint density at radius 2 is 1.86 bits per heavy atom. The van der Waals surface area contributed by atoms with Crippen molar-refractivity contribution >= 4 is 17.3 Å². The van der Waals surface area contributed by atoms with Gasteiger partial charge in [0, 0.05) is 11.3 Å². The number of hydrogen-bond donors (Lipinski definition) is 3. The van der Waals surface area contributed by atoms with E-state index in [2.05, 4.69) is 10.7 Å². The third-order valence-corrected chi connectivity index (χ3v) is 3.30. The highest BCUT2D eigenvalue weighted by Crippen LogP contribution is 2.22. The van der Waals surface area contributed by atoms with Crippen LogP contribution in [-0.4, -0.2) is 13.0 Å². The molecule has 0 spiro atoms. The van der Waals surface area contributed by atoms with Gasteiger partial charge >= 0.3 is 0 Å². The minimum Gasteiger partial charge on any atom is -0.496 e. The van der Waals surface area contributed by atoms with Gasteiger partial charge in [-0.05, 0) is 61.4 Å². The minimum absolute atomic E-state index is 0.161. The number of benzene rings is 2. The van der Waals surface area contributed by atoms with Crippen molar-refractivity contribution in [1.29, 1.82) is 0 Å². The second kappa shape index (κ2) is 6.28. The molecule has 0 unspecified atom stereocenters. The van der Waals surface area contributed by atoms with Crippen LogP contribution in [0.2, 0.25) is 0 Å². The maximum absolute atomic E-state index is 12.2. The first kappa shape index (κ1) is 14.9. The lowest BCUT2D eigenvalue weighted by atomic mass is 10.1. The average molecular weight is 285 g/mol. The third kappa shape index (κ3) is 3.32. The van der Waals surface area contributed by atoms with Crippen molar-refractivity contribution in [2.24, 2.45) is 5.84 Å². The summed E-state index contributed by atoms with van der Waals surface area (Å²) in [6.45, 7) is 3.82. The van der Waals surface area contributed by atoms with Crippen LogP contribution in [0.25, 0.3) is 0 Å². The number of ether oxygens (including phenoxy) is 1. The summed E-state index contributed by atoms with van der Waals surface area (Å²) in [6, 6.07) is 10.8. The van der Waals surface area contributed by atoms with E-state index in [0.29, 0.717) is 5.56 Å². The third-order valence-electron chi connectivity index (χ3n) is 3.30. The second-order valence-corrected chi connectivity index (χ2v) is 4.81. The number of hydrogen-bond acceptors (Lipinski definition) is 4. The number of amides is 1. The Bertz CT molecular complexity index is 669. The summed E-state index contributed by atoms with van der Waals surface area (Å²) >= 11 is 0. The fourth-order valence-corrected chi connectivity index (χ4v) is 2.13. The monoisotopic (exact) mass is 285 g/mol. The van der Waals surface area contributed by atoms with Gasteiger partial charge in [-0.25, -0.2) is 0 Å². The number of carbonyl (C=O) groups is 1. The summed E-state index contributed by atoms with van der Waals surface area (Å²) in [7, 11) is 1.62. The number of nitrogens with two attached hydrogens (primary N) is 1. The molecule has 0 fully saturated rings. The van der Waals surface area contributed by atoms with Crippen molar-refractivity contribution in [1.82, 2.24) is 0 Å². The number of hydrazine groups is 1. The topological polar surface area (TPSA) is 76.4 Å². The lowest BCUT2D eigenvalue weighted by Gasteiger charge is -2.10. The molecule has 0 aliphatic carbocycles. The van der Waals surface area contributed by atoms with Crippen LogP contribution in [0.3, 0.4) is 0 Å². The number of nitrogen functional groups attached to an aromatic ring is 1. The quantitative estimate of drug-likeness (QED) is 0.596. The summed E-state index contributed by atoms with van der Waals surface area (Å²) in [4.78, 5) is 12.2. The van der Waals surface area contributed by atoms with E-state index >= 15 is 0 Å². The Morgan fingerprint density at radius 3 is 2.43 bits per heavy atom. The summed E-state index contributed by atoms with van der Waals surface area (Å²) in [5.41, 5.74) is 6.58. The molecule has 0 aliphatic heterocycles. The van der Waals surface area contributed by atoms with Gasteiger partial charge in [0.15, 0.2) is 0 Å². The van der Waals surface area contributed by atoms with Gasteiger partial charge in [-0.1, -0.05) is 0 Å². The van der Waals surface area contributed by atoms with E-state index in [1.165, 1.54) is 0 Å². The number of aryl methyl sites for hydroxylation is 2. The Balaban J connectivity index is 2.18. The molecule has 2 aromatic rings. The number of carbonyl (C=O) groups excluding carboxylic acids is 1. The standard InChI is InChI=1S/C16H19N3O2/c1-10-8-12(4-6-14(10)19-17)16(20)18-13-5-7-15(21-3)11(2)9-13/h4-9,19H,17H2,1-3H3,(H,18,20). The molecule has 2 aromatic carbocycles. The normalized spacial score (nSPS) is 10.1. The molecule has 5 nitrogen and oxygen atoms in total. The molecule has 1 amide bonds. The van der Waals surface area contributed by atoms with Crippen molar-refractivity contribution in [3.63, 3.8) is 0 Å². The highest BCUT2D eigenvalue weighted by molar-refractivity contribution is 6.04. The van der Waals surface area contributed by atoms with Crippen LogP contribution in [-0.2, 0) is 0 Å². The van der Waals surface area contributed by atoms with E-state index in [0.717, 1.165) is 28.3 Å². The van der Waals surface area contributed by atoms with E-state index < -0.39 is 0 Å². The summed E-state index contributed by atoms with van der Waals surface area (Å²) in [6.07, 6.45) is 0. The molecule has 4 N–H and O–H groups in total.